The lowest BCUT2D eigenvalue weighted by Crippen LogP contribution is -2.56. The monoisotopic (exact) mass is 458 g/mol. The van der Waals surface area contributed by atoms with Gasteiger partial charge in [-0.3, -0.25) is 9.48 Å². The summed E-state index contributed by atoms with van der Waals surface area (Å²) in [6, 6.07) is 0. The first-order valence-corrected chi connectivity index (χ1v) is 12.7. The molecule has 1 aromatic rings. The fourth-order valence-corrected chi connectivity index (χ4v) is 8.76. The number of carboxylic acid groups (broad SMARTS) is 1. The zero-order valence-corrected chi connectivity index (χ0v) is 20.1. The molecule has 4 aliphatic rings. The zero-order valence-electron chi connectivity index (χ0n) is 20.1. The molecule has 0 amide bonds. The molecule has 0 saturated heterocycles. The molecule has 0 spiro atoms. The number of rotatable bonds is 5. The molecule has 33 heavy (non-hydrogen) atoms. The van der Waals surface area contributed by atoms with Gasteiger partial charge in [-0.1, -0.05) is 13.8 Å². The number of carbonyl (C=O) groups is 2. The van der Waals surface area contributed by atoms with Crippen LogP contribution < -0.4 is 0 Å². The number of carbonyl (C=O) groups excluding carboxylic acids is 1. The number of hydrogen-bond acceptors (Lipinski definition) is 5. The highest BCUT2D eigenvalue weighted by Gasteiger charge is 2.62. The lowest BCUT2D eigenvalue weighted by molar-refractivity contribution is -0.247. The molecule has 8 atom stereocenters. The van der Waals surface area contributed by atoms with E-state index >= 15 is 0 Å². The Hall–Kier alpha value is -1.73. The van der Waals surface area contributed by atoms with Crippen molar-refractivity contribution in [1.82, 2.24) is 9.78 Å². The van der Waals surface area contributed by atoms with Crippen LogP contribution in [-0.4, -0.2) is 44.6 Å². The van der Waals surface area contributed by atoms with Crippen molar-refractivity contribution in [2.45, 2.75) is 84.0 Å². The van der Waals surface area contributed by atoms with Crippen molar-refractivity contribution < 1.29 is 24.5 Å². The van der Waals surface area contributed by atoms with Gasteiger partial charge in [0.15, 0.2) is 11.6 Å². The van der Waals surface area contributed by atoms with Crippen molar-refractivity contribution in [1.29, 1.82) is 0 Å². The molecule has 5 rings (SSSR count). The van der Waals surface area contributed by atoms with E-state index in [1.165, 1.54) is 23.5 Å². The van der Waals surface area contributed by atoms with Crippen LogP contribution >= 0.6 is 0 Å². The van der Waals surface area contributed by atoms with E-state index in [1.807, 2.05) is 0 Å². The Labute approximate surface area is 195 Å². The number of ketones is 1. The van der Waals surface area contributed by atoms with Crippen LogP contribution in [0.2, 0.25) is 0 Å². The number of aromatic carboxylic acids is 1. The van der Waals surface area contributed by atoms with Crippen molar-refractivity contribution in [3.8, 4) is 0 Å². The van der Waals surface area contributed by atoms with Crippen molar-refractivity contribution in [2.24, 2.45) is 40.4 Å². The first kappa shape index (κ1) is 23.0. The SMILES string of the molecule is CO[C@@]1(O)CC[C@@]2(C)[C@@H](CC[C@@H]3[C@@H]2CC[C@]2(C)[C@@H](C(=O)Cn4cc(C(=O)O)cn4)CC[C@@H]32)C1. The Morgan fingerprint density at radius 2 is 1.85 bits per heavy atom. The first-order valence-electron chi connectivity index (χ1n) is 12.7. The molecule has 0 unspecified atom stereocenters. The normalized spacial score (nSPS) is 44.5. The van der Waals surface area contributed by atoms with Crippen LogP contribution in [0.5, 0.6) is 0 Å². The Morgan fingerprint density at radius 3 is 2.55 bits per heavy atom. The lowest BCUT2D eigenvalue weighted by Gasteiger charge is -2.61. The maximum Gasteiger partial charge on any atom is 0.338 e. The number of carboxylic acids is 1. The fraction of sp³-hybridized carbons (Fsp3) is 0.808. The molecule has 182 valence electrons. The molecule has 7 heteroatoms. The lowest BCUT2D eigenvalue weighted by atomic mass is 9.44. The Bertz CT molecular complexity index is 945. The minimum atomic E-state index is -1.02. The van der Waals surface area contributed by atoms with Gasteiger partial charge in [0.25, 0.3) is 0 Å². The van der Waals surface area contributed by atoms with Gasteiger partial charge in [-0.2, -0.15) is 5.10 Å². The van der Waals surface area contributed by atoms with E-state index in [0.717, 1.165) is 44.9 Å². The van der Waals surface area contributed by atoms with Gasteiger partial charge in [-0.15, -0.1) is 0 Å². The molecule has 1 aromatic heterocycles. The highest BCUT2D eigenvalue weighted by Crippen LogP contribution is 2.68. The van der Waals surface area contributed by atoms with Crippen LogP contribution in [0.1, 0.15) is 82.0 Å². The number of methoxy groups -OCH3 is 1. The van der Waals surface area contributed by atoms with Gasteiger partial charge in [-0.25, -0.2) is 4.79 Å². The molecule has 0 radical (unpaired) electrons. The molecule has 0 aliphatic heterocycles. The van der Waals surface area contributed by atoms with Crippen molar-refractivity contribution in [3.05, 3.63) is 18.0 Å². The molecule has 4 aliphatic carbocycles. The highest BCUT2D eigenvalue weighted by atomic mass is 16.6. The van der Waals surface area contributed by atoms with E-state index in [1.54, 1.807) is 7.11 Å². The largest absolute Gasteiger partial charge is 0.478 e. The highest BCUT2D eigenvalue weighted by molar-refractivity contribution is 5.87. The van der Waals surface area contributed by atoms with E-state index in [2.05, 4.69) is 18.9 Å². The molecular formula is C26H38N2O5. The molecule has 7 nitrogen and oxygen atoms in total. The van der Waals surface area contributed by atoms with E-state index in [0.29, 0.717) is 30.1 Å². The number of aromatic nitrogens is 2. The number of ether oxygens (including phenoxy) is 1. The van der Waals surface area contributed by atoms with Crippen LogP contribution in [0.25, 0.3) is 0 Å². The van der Waals surface area contributed by atoms with Crippen molar-refractivity contribution in [3.63, 3.8) is 0 Å². The van der Waals surface area contributed by atoms with Crippen LogP contribution in [0, 0.1) is 40.4 Å². The maximum atomic E-state index is 13.4. The molecule has 0 aromatic carbocycles. The van der Waals surface area contributed by atoms with Gasteiger partial charge in [0.05, 0.1) is 18.3 Å². The summed E-state index contributed by atoms with van der Waals surface area (Å²) in [5.74, 6) is 0.627. The number of fused-ring (bicyclic) bond motifs is 5. The summed E-state index contributed by atoms with van der Waals surface area (Å²) in [6.45, 7) is 4.96. The van der Waals surface area contributed by atoms with Gasteiger partial charge >= 0.3 is 5.97 Å². The maximum absolute atomic E-state index is 13.4. The average molecular weight is 459 g/mol. The van der Waals surface area contributed by atoms with Crippen molar-refractivity contribution >= 4 is 11.8 Å². The second-order valence-corrected chi connectivity index (χ2v) is 11.9. The summed E-state index contributed by atoms with van der Waals surface area (Å²) in [4.78, 5) is 24.5. The van der Waals surface area contributed by atoms with E-state index < -0.39 is 11.8 Å². The number of Topliss-reactive ketones (excluding diaryl/α,β-unsaturated/α-hetero) is 1. The van der Waals surface area contributed by atoms with Gasteiger partial charge in [0.1, 0.15) is 0 Å². The predicted molar refractivity (Wildman–Crippen MR) is 121 cm³/mol. The van der Waals surface area contributed by atoms with Gasteiger partial charge in [0, 0.05) is 32.1 Å². The minimum absolute atomic E-state index is 0.0200. The van der Waals surface area contributed by atoms with Gasteiger partial charge < -0.3 is 14.9 Å². The predicted octanol–water partition coefficient (Wildman–Crippen LogP) is 4.14. The number of aliphatic hydroxyl groups is 1. The van der Waals surface area contributed by atoms with Gasteiger partial charge in [-0.05, 0) is 79.4 Å². The van der Waals surface area contributed by atoms with Crippen molar-refractivity contribution in [2.75, 3.05) is 7.11 Å². The smallest absolute Gasteiger partial charge is 0.338 e. The first-order chi connectivity index (χ1) is 15.6. The minimum Gasteiger partial charge on any atom is -0.478 e. The Kier molecular flexibility index (Phi) is 5.52. The zero-order chi connectivity index (χ0) is 23.6. The van der Waals surface area contributed by atoms with E-state index in [4.69, 9.17) is 9.84 Å². The summed E-state index contributed by atoms with van der Waals surface area (Å²) in [5.41, 5.74) is 0.391. The van der Waals surface area contributed by atoms with E-state index in [9.17, 15) is 14.7 Å². The molecule has 2 N–H and O–H groups in total. The van der Waals surface area contributed by atoms with Crippen LogP contribution in [0.4, 0.5) is 0 Å². The summed E-state index contributed by atoms with van der Waals surface area (Å²) in [7, 11) is 1.63. The van der Waals surface area contributed by atoms with Crippen LogP contribution in [0.15, 0.2) is 12.4 Å². The standard InChI is InChI=1S/C26H38N2O5/c1-24-10-11-26(32,33-3)12-17(24)4-5-18-19-6-7-21(25(19,2)9-8-20(18)24)22(29)15-28-14-16(13-27-28)23(30)31/h13-14,17-21,32H,4-12,15H2,1-3H3,(H,30,31)/t17-,18-,19-,20-,21+,24-,25-,26-/m0/s1. The summed E-state index contributed by atoms with van der Waals surface area (Å²) < 4.78 is 6.96. The Balaban J connectivity index is 1.32. The third-order valence-electron chi connectivity index (χ3n) is 10.7. The topological polar surface area (TPSA) is 102 Å². The summed E-state index contributed by atoms with van der Waals surface area (Å²) in [6.07, 6.45) is 11.8. The second-order valence-electron chi connectivity index (χ2n) is 11.9. The van der Waals surface area contributed by atoms with Crippen LogP contribution in [0.3, 0.4) is 0 Å². The molecule has 1 heterocycles. The molecule has 0 bridgehead atoms. The molecule has 4 saturated carbocycles. The fourth-order valence-electron chi connectivity index (χ4n) is 8.76. The third-order valence-corrected chi connectivity index (χ3v) is 10.7. The summed E-state index contributed by atoms with van der Waals surface area (Å²) >= 11 is 0. The second kappa shape index (κ2) is 7.91. The third kappa shape index (κ3) is 3.57. The number of hydrogen-bond donors (Lipinski definition) is 2. The molecular weight excluding hydrogens is 420 g/mol. The molecule has 4 fully saturated rings. The van der Waals surface area contributed by atoms with Crippen LogP contribution in [-0.2, 0) is 16.1 Å². The van der Waals surface area contributed by atoms with Gasteiger partial charge in [0.2, 0.25) is 0 Å². The Morgan fingerprint density at radius 1 is 1.09 bits per heavy atom. The van der Waals surface area contributed by atoms with E-state index in [-0.39, 0.29) is 34.6 Å². The quantitative estimate of drug-likeness (QED) is 0.643. The average Bonchev–Trinajstić information content (AvgIpc) is 3.38. The summed E-state index contributed by atoms with van der Waals surface area (Å²) in [5, 5.41) is 24.0. The number of nitrogens with zero attached hydrogens (tertiary/aromatic N) is 2.